The molecule has 88 valence electrons. The van der Waals surface area contributed by atoms with E-state index in [4.69, 9.17) is 4.74 Å². The number of allylic oxidation sites excluding steroid dienone is 1. The SMILES string of the molecule is C=CCCCN[C@@H](C)c1ccc(OC)cc1. The average Bonchev–Trinajstić information content (AvgIpc) is 2.34. The molecule has 0 amide bonds. The highest BCUT2D eigenvalue weighted by Crippen LogP contribution is 2.17. The van der Waals surface area contributed by atoms with Crippen LogP contribution in [0.1, 0.15) is 31.4 Å². The van der Waals surface area contributed by atoms with E-state index in [1.807, 2.05) is 18.2 Å². The Morgan fingerprint density at radius 1 is 1.38 bits per heavy atom. The minimum atomic E-state index is 0.385. The van der Waals surface area contributed by atoms with Gasteiger partial charge in [0.25, 0.3) is 0 Å². The lowest BCUT2D eigenvalue weighted by Crippen LogP contribution is -2.19. The molecule has 0 aliphatic heterocycles. The number of hydrogen-bond acceptors (Lipinski definition) is 2. The molecule has 0 aromatic heterocycles. The Balaban J connectivity index is 2.39. The lowest BCUT2D eigenvalue weighted by atomic mass is 10.1. The van der Waals surface area contributed by atoms with Crippen molar-refractivity contribution in [3.8, 4) is 5.75 Å². The second-order valence-corrected chi connectivity index (χ2v) is 3.88. The highest BCUT2D eigenvalue weighted by molar-refractivity contribution is 5.28. The molecule has 16 heavy (non-hydrogen) atoms. The molecule has 0 aliphatic carbocycles. The Hall–Kier alpha value is -1.28. The lowest BCUT2D eigenvalue weighted by Gasteiger charge is -2.14. The first-order chi connectivity index (χ1) is 7.77. The predicted octanol–water partition coefficient (Wildman–Crippen LogP) is 3.31. The molecule has 1 rings (SSSR count). The van der Waals surface area contributed by atoms with Gasteiger partial charge in [-0.25, -0.2) is 0 Å². The minimum Gasteiger partial charge on any atom is -0.497 e. The number of ether oxygens (including phenoxy) is 1. The molecule has 0 saturated carbocycles. The quantitative estimate of drug-likeness (QED) is 0.561. The van der Waals surface area contributed by atoms with Crippen LogP contribution in [0.15, 0.2) is 36.9 Å². The second-order valence-electron chi connectivity index (χ2n) is 3.88. The van der Waals surface area contributed by atoms with E-state index in [-0.39, 0.29) is 0 Å². The smallest absolute Gasteiger partial charge is 0.118 e. The van der Waals surface area contributed by atoms with Crippen LogP contribution in [-0.2, 0) is 0 Å². The Bertz CT molecular complexity index is 305. The first kappa shape index (κ1) is 12.8. The molecule has 0 fully saturated rings. The van der Waals surface area contributed by atoms with E-state index in [0.29, 0.717) is 6.04 Å². The summed E-state index contributed by atoms with van der Waals surface area (Å²) < 4.78 is 5.13. The van der Waals surface area contributed by atoms with Crippen LogP contribution < -0.4 is 10.1 Å². The molecule has 1 atom stereocenters. The summed E-state index contributed by atoms with van der Waals surface area (Å²) in [6, 6.07) is 8.58. The van der Waals surface area contributed by atoms with Gasteiger partial charge in [0.1, 0.15) is 5.75 Å². The second kappa shape index (κ2) is 7.07. The summed E-state index contributed by atoms with van der Waals surface area (Å²) in [6.45, 7) is 6.92. The first-order valence-corrected chi connectivity index (χ1v) is 5.76. The molecule has 0 heterocycles. The fraction of sp³-hybridized carbons (Fsp3) is 0.429. The molecular weight excluding hydrogens is 198 g/mol. The first-order valence-electron chi connectivity index (χ1n) is 5.76. The molecular formula is C14H21NO. The zero-order valence-corrected chi connectivity index (χ0v) is 10.2. The van der Waals surface area contributed by atoms with Crippen molar-refractivity contribution >= 4 is 0 Å². The third-order valence-corrected chi connectivity index (χ3v) is 2.65. The fourth-order valence-electron chi connectivity index (χ4n) is 1.58. The van der Waals surface area contributed by atoms with Gasteiger partial charge in [0.05, 0.1) is 7.11 Å². The van der Waals surface area contributed by atoms with Crippen LogP contribution in [-0.4, -0.2) is 13.7 Å². The van der Waals surface area contributed by atoms with Gasteiger partial charge in [-0.2, -0.15) is 0 Å². The van der Waals surface area contributed by atoms with E-state index in [1.54, 1.807) is 7.11 Å². The largest absolute Gasteiger partial charge is 0.497 e. The summed E-state index contributed by atoms with van der Waals surface area (Å²) in [7, 11) is 1.69. The Morgan fingerprint density at radius 2 is 2.06 bits per heavy atom. The van der Waals surface area contributed by atoms with Crippen molar-refractivity contribution in [3.63, 3.8) is 0 Å². The lowest BCUT2D eigenvalue weighted by molar-refractivity contribution is 0.414. The third-order valence-electron chi connectivity index (χ3n) is 2.65. The molecule has 0 bridgehead atoms. The van der Waals surface area contributed by atoms with E-state index in [9.17, 15) is 0 Å². The van der Waals surface area contributed by atoms with Crippen LogP contribution in [0.25, 0.3) is 0 Å². The number of hydrogen-bond donors (Lipinski definition) is 1. The zero-order chi connectivity index (χ0) is 11.8. The van der Waals surface area contributed by atoms with Gasteiger partial charge in [0.2, 0.25) is 0 Å². The van der Waals surface area contributed by atoms with Gasteiger partial charge in [-0.05, 0) is 44.0 Å². The topological polar surface area (TPSA) is 21.3 Å². The zero-order valence-electron chi connectivity index (χ0n) is 10.2. The van der Waals surface area contributed by atoms with E-state index in [0.717, 1.165) is 25.1 Å². The Kier molecular flexibility index (Phi) is 5.65. The monoisotopic (exact) mass is 219 g/mol. The fourth-order valence-corrected chi connectivity index (χ4v) is 1.58. The molecule has 1 aromatic carbocycles. The summed E-state index contributed by atoms with van der Waals surface area (Å²) in [6.07, 6.45) is 4.17. The average molecular weight is 219 g/mol. The molecule has 1 aromatic rings. The van der Waals surface area contributed by atoms with E-state index in [1.165, 1.54) is 5.56 Å². The number of nitrogens with one attached hydrogen (secondary N) is 1. The van der Waals surface area contributed by atoms with Gasteiger partial charge in [-0.15, -0.1) is 6.58 Å². The summed E-state index contributed by atoms with van der Waals surface area (Å²) >= 11 is 0. The van der Waals surface area contributed by atoms with Crippen LogP contribution in [0.3, 0.4) is 0 Å². The maximum atomic E-state index is 5.13. The van der Waals surface area contributed by atoms with Crippen molar-refractivity contribution in [1.29, 1.82) is 0 Å². The summed E-state index contributed by atoms with van der Waals surface area (Å²) in [5, 5.41) is 3.48. The summed E-state index contributed by atoms with van der Waals surface area (Å²) in [4.78, 5) is 0. The Morgan fingerprint density at radius 3 is 2.62 bits per heavy atom. The standard InChI is InChI=1S/C14H21NO/c1-4-5-6-11-15-12(2)13-7-9-14(16-3)10-8-13/h4,7-10,12,15H,1,5-6,11H2,2-3H3/t12-/m0/s1. The van der Waals surface area contributed by atoms with Gasteiger partial charge in [-0.3, -0.25) is 0 Å². The van der Waals surface area contributed by atoms with E-state index in [2.05, 4.69) is 31.0 Å². The van der Waals surface area contributed by atoms with Crippen molar-refractivity contribution in [1.82, 2.24) is 5.32 Å². The molecule has 1 N–H and O–H groups in total. The van der Waals surface area contributed by atoms with Gasteiger partial charge in [0.15, 0.2) is 0 Å². The number of unbranched alkanes of at least 4 members (excludes halogenated alkanes) is 1. The van der Waals surface area contributed by atoms with Crippen LogP contribution >= 0.6 is 0 Å². The van der Waals surface area contributed by atoms with Crippen LogP contribution in [0, 0.1) is 0 Å². The molecule has 0 unspecified atom stereocenters. The van der Waals surface area contributed by atoms with Crippen molar-refractivity contribution < 1.29 is 4.74 Å². The maximum Gasteiger partial charge on any atom is 0.118 e. The number of methoxy groups -OCH3 is 1. The van der Waals surface area contributed by atoms with Gasteiger partial charge < -0.3 is 10.1 Å². The van der Waals surface area contributed by atoms with Gasteiger partial charge in [0, 0.05) is 6.04 Å². The summed E-state index contributed by atoms with van der Waals surface area (Å²) in [5.74, 6) is 0.905. The number of benzene rings is 1. The van der Waals surface area contributed by atoms with Gasteiger partial charge in [-0.1, -0.05) is 18.2 Å². The molecule has 2 heteroatoms. The molecule has 0 radical (unpaired) electrons. The van der Waals surface area contributed by atoms with Crippen LogP contribution in [0.5, 0.6) is 5.75 Å². The van der Waals surface area contributed by atoms with E-state index >= 15 is 0 Å². The van der Waals surface area contributed by atoms with E-state index < -0.39 is 0 Å². The van der Waals surface area contributed by atoms with Crippen molar-refractivity contribution in [3.05, 3.63) is 42.5 Å². The van der Waals surface area contributed by atoms with Crippen molar-refractivity contribution in [2.24, 2.45) is 0 Å². The molecule has 2 nitrogen and oxygen atoms in total. The van der Waals surface area contributed by atoms with Crippen molar-refractivity contribution in [2.45, 2.75) is 25.8 Å². The highest BCUT2D eigenvalue weighted by atomic mass is 16.5. The van der Waals surface area contributed by atoms with Gasteiger partial charge >= 0.3 is 0 Å². The minimum absolute atomic E-state index is 0.385. The normalized spacial score (nSPS) is 12.1. The molecule has 0 spiro atoms. The Labute approximate surface area is 98.3 Å². The summed E-state index contributed by atoms with van der Waals surface area (Å²) in [5.41, 5.74) is 1.29. The molecule has 0 saturated heterocycles. The number of rotatable bonds is 7. The van der Waals surface area contributed by atoms with Crippen LogP contribution in [0.4, 0.5) is 0 Å². The van der Waals surface area contributed by atoms with Crippen LogP contribution in [0.2, 0.25) is 0 Å². The van der Waals surface area contributed by atoms with Crippen molar-refractivity contribution in [2.75, 3.05) is 13.7 Å². The predicted molar refractivity (Wildman–Crippen MR) is 68.8 cm³/mol. The third kappa shape index (κ3) is 4.07. The highest BCUT2D eigenvalue weighted by Gasteiger charge is 2.03. The maximum absolute atomic E-state index is 5.13. The molecule has 0 aliphatic rings.